The maximum atomic E-state index is 4.52. The molecule has 1 unspecified atom stereocenters. The van der Waals surface area contributed by atoms with Crippen LogP contribution < -0.4 is 10.2 Å². The van der Waals surface area contributed by atoms with Gasteiger partial charge in [-0.05, 0) is 13.3 Å². The molecular weight excluding hydrogens is 244 g/mol. The maximum Gasteiger partial charge on any atom is 0.137 e. The van der Waals surface area contributed by atoms with Gasteiger partial charge in [0.05, 0.1) is 0 Å². The van der Waals surface area contributed by atoms with Crippen LogP contribution in [-0.4, -0.2) is 40.6 Å². The third kappa shape index (κ3) is 2.88. The molecule has 18 heavy (non-hydrogen) atoms. The molecule has 5 heteroatoms. The molecule has 0 saturated carbocycles. The number of nitrogens with one attached hydrogen (secondary N) is 1. The third-order valence-electron chi connectivity index (χ3n) is 3.16. The average molecular weight is 266 g/mol. The van der Waals surface area contributed by atoms with Crippen molar-refractivity contribution < 1.29 is 0 Å². The minimum atomic E-state index is 0.681. The first-order valence-corrected chi connectivity index (χ1v) is 7.75. The molecule has 1 aromatic rings. The Morgan fingerprint density at radius 3 is 2.94 bits per heavy atom. The molecule has 1 aliphatic rings. The Balaban J connectivity index is 2.28. The van der Waals surface area contributed by atoms with Crippen LogP contribution in [0.2, 0.25) is 0 Å². The highest BCUT2D eigenvalue weighted by Crippen LogP contribution is 2.28. The number of aromatic nitrogens is 2. The van der Waals surface area contributed by atoms with Crippen LogP contribution in [0.25, 0.3) is 0 Å². The van der Waals surface area contributed by atoms with E-state index in [1.54, 1.807) is 6.33 Å². The van der Waals surface area contributed by atoms with E-state index in [9.17, 15) is 0 Å². The SMILES string of the molecule is CCNc1ncnc(N2CCSC(C)C2)c1CC. The standard InChI is InChI=1S/C13H22N4S/c1-4-11-12(14-5-2)15-9-16-13(11)17-6-7-18-10(3)8-17/h9-10H,4-8H2,1-3H3,(H,14,15,16). The van der Waals surface area contributed by atoms with Crippen molar-refractivity contribution in [2.75, 3.05) is 35.6 Å². The van der Waals surface area contributed by atoms with Crippen LogP contribution >= 0.6 is 11.8 Å². The fourth-order valence-electron chi connectivity index (χ4n) is 2.33. The Bertz CT molecular complexity index is 397. The van der Waals surface area contributed by atoms with E-state index in [0.717, 1.165) is 37.7 Å². The van der Waals surface area contributed by atoms with Crippen molar-refractivity contribution in [2.24, 2.45) is 0 Å². The van der Waals surface area contributed by atoms with Gasteiger partial charge in [-0.2, -0.15) is 11.8 Å². The third-order valence-corrected chi connectivity index (χ3v) is 4.30. The van der Waals surface area contributed by atoms with E-state index < -0.39 is 0 Å². The van der Waals surface area contributed by atoms with Gasteiger partial charge in [-0.3, -0.25) is 0 Å². The number of rotatable bonds is 4. The van der Waals surface area contributed by atoms with Gasteiger partial charge in [0.25, 0.3) is 0 Å². The highest BCUT2D eigenvalue weighted by Gasteiger charge is 2.21. The van der Waals surface area contributed by atoms with Crippen molar-refractivity contribution in [1.82, 2.24) is 9.97 Å². The van der Waals surface area contributed by atoms with Gasteiger partial charge in [0.2, 0.25) is 0 Å². The summed E-state index contributed by atoms with van der Waals surface area (Å²) in [5, 5.41) is 4.02. The lowest BCUT2D eigenvalue weighted by molar-refractivity contribution is 0.760. The molecule has 0 aliphatic carbocycles. The summed E-state index contributed by atoms with van der Waals surface area (Å²) < 4.78 is 0. The molecule has 0 bridgehead atoms. The van der Waals surface area contributed by atoms with Crippen molar-refractivity contribution in [3.63, 3.8) is 0 Å². The monoisotopic (exact) mass is 266 g/mol. The predicted octanol–water partition coefficient (Wildman–Crippen LogP) is 2.41. The second-order valence-electron chi connectivity index (χ2n) is 4.54. The normalized spacial score (nSPS) is 19.9. The van der Waals surface area contributed by atoms with Gasteiger partial charge in [0, 0.05) is 36.2 Å². The van der Waals surface area contributed by atoms with Crippen molar-refractivity contribution in [1.29, 1.82) is 0 Å². The van der Waals surface area contributed by atoms with Crippen LogP contribution in [-0.2, 0) is 6.42 Å². The summed E-state index contributed by atoms with van der Waals surface area (Å²) in [6.45, 7) is 9.63. The molecule has 2 heterocycles. The highest BCUT2D eigenvalue weighted by molar-refractivity contribution is 8.00. The molecule has 1 N–H and O–H groups in total. The van der Waals surface area contributed by atoms with Crippen molar-refractivity contribution >= 4 is 23.4 Å². The lowest BCUT2D eigenvalue weighted by atomic mass is 10.2. The van der Waals surface area contributed by atoms with Crippen LogP contribution in [0.15, 0.2) is 6.33 Å². The first-order valence-electron chi connectivity index (χ1n) is 6.70. The molecule has 0 amide bonds. The van der Waals surface area contributed by atoms with Crippen LogP contribution in [0.3, 0.4) is 0 Å². The maximum absolute atomic E-state index is 4.52. The van der Waals surface area contributed by atoms with E-state index in [1.807, 2.05) is 11.8 Å². The largest absolute Gasteiger partial charge is 0.370 e. The fraction of sp³-hybridized carbons (Fsp3) is 0.692. The van der Waals surface area contributed by atoms with E-state index >= 15 is 0 Å². The zero-order chi connectivity index (χ0) is 13.0. The molecular formula is C13H22N4S. The number of thioether (sulfide) groups is 1. The van der Waals surface area contributed by atoms with Crippen LogP contribution in [0.1, 0.15) is 26.3 Å². The van der Waals surface area contributed by atoms with Crippen molar-refractivity contribution in [3.05, 3.63) is 11.9 Å². The molecule has 1 saturated heterocycles. The van der Waals surface area contributed by atoms with Crippen molar-refractivity contribution in [2.45, 2.75) is 32.4 Å². The molecule has 1 aliphatic heterocycles. The van der Waals surface area contributed by atoms with Gasteiger partial charge in [0.1, 0.15) is 18.0 Å². The molecule has 2 rings (SSSR count). The molecule has 100 valence electrons. The van der Waals surface area contributed by atoms with Gasteiger partial charge < -0.3 is 10.2 Å². The molecule has 4 nitrogen and oxygen atoms in total. The van der Waals surface area contributed by atoms with Gasteiger partial charge >= 0.3 is 0 Å². The van der Waals surface area contributed by atoms with Crippen LogP contribution in [0.5, 0.6) is 0 Å². The molecule has 0 aromatic carbocycles. The Kier molecular flexibility index (Phi) is 4.69. The molecule has 0 spiro atoms. The fourth-order valence-corrected chi connectivity index (χ4v) is 3.35. The second-order valence-corrected chi connectivity index (χ2v) is 6.08. The second kappa shape index (κ2) is 6.27. The summed E-state index contributed by atoms with van der Waals surface area (Å²) in [5.74, 6) is 3.30. The number of hydrogen-bond donors (Lipinski definition) is 1. The Labute approximate surface area is 114 Å². The summed E-state index contributed by atoms with van der Waals surface area (Å²) in [4.78, 5) is 11.3. The highest BCUT2D eigenvalue weighted by atomic mass is 32.2. The smallest absolute Gasteiger partial charge is 0.137 e. The minimum Gasteiger partial charge on any atom is -0.370 e. The van der Waals surface area contributed by atoms with Gasteiger partial charge in [0.15, 0.2) is 0 Å². The van der Waals surface area contributed by atoms with E-state index in [2.05, 4.69) is 41.0 Å². The van der Waals surface area contributed by atoms with Crippen LogP contribution in [0, 0.1) is 0 Å². The van der Waals surface area contributed by atoms with Gasteiger partial charge in [-0.1, -0.05) is 13.8 Å². The summed E-state index contributed by atoms with van der Waals surface area (Å²) in [6, 6.07) is 0. The van der Waals surface area contributed by atoms with Gasteiger partial charge in [-0.15, -0.1) is 0 Å². The summed E-state index contributed by atoms with van der Waals surface area (Å²) >= 11 is 2.04. The first-order chi connectivity index (χ1) is 8.76. The molecule has 1 aromatic heterocycles. The van der Waals surface area contributed by atoms with E-state index in [1.165, 1.54) is 11.3 Å². The summed E-state index contributed by atoms with van der Waals surface area (Å²) in [6.07, 6.45) is 2.65. The quantitative estimate of drug-likeness (QED) is 0.906. The summed E-state index contributed by atoms with van der Waals surface area (Å²) in [5.41, 5.74) is 1.25. The molecule has 1 fully saturated rings. The predicted molar refractivity (Wildman–Crippen MR) is 79.7 cm³/mol. The molecule has 1 atom stereocenters. The zero-order valence-corrected chi connectivity index (χ0v) is 12.3. The van der Waals surface area contributed by atoms with E-state index in [-0.39, 0.29) is 0 Å². The lowest BCUT2D eigenvalue weighted by Gasteiger charge is -2.33. The number of hydrogen-bond acceptors (Lipinski definition) is 5. The number of nitrogens with zero attached hydrogens (tertiary/aromatic N) is 3. The Morgan fingerprint density at radius 1 is 1.44 bits per heavy atom. The van der Waals surface area contributed by atoms with Gasteiger partial charge in [-0.25, -0.2) is 9.97 Å². The minimum absolute atomic E-state index is 0.681. The Morgan fingerprint density at radius 2 is 2.28 bits per heavy atom. The van der Waals surface area contributed by atoms with E-state index in [4.69, 9.17) is 0 Å². The average Bonchev–Trinajstić information content (AvgIpc) is 2.39. The van der Waals surface area contributed by atoms with E-state index in [0.29, 0.717) is 5.25 Å². The van der Waals surface area contributed by atoms with Crippen LogP contribution in [0.4, 0.5) is 11.6 Å². The summed E-state index contributed by atoms with van der Waals surface area (Å²) in [7, 11) is 0. The topological polar surface area (TPSA) is 41.1 Å². The van der Waals surface area contributed by atoms with Crippen molar-refractivity contribution in [3.8, 4) is 0 Å². The first kappa shape index (κ1) is 13.5. The molecule has 0 radical (unpaired) electrons. The number of anilines is 2. The lowest BCUT2D eigenvalue weighted by Crippen LogP contribution is -2.38. The zero-order valence-electron chi connectivity index (χ0n) is 11.4. The Hall–Kier alpha value is -0.970.